The van der Waals surface area contributed by atoms with Gasteiger partial charge in [0.05, 0.1) is 0 Å². The lowest BCUT2D eigenvalue weighted by Gasteiger charge is -2.34. The molecule has 0 heterocycles. The zero-order valence-corrected chi connectivity index (χ0v) is 13.0. The van der Waals surface area contributed by atoms with E-state index in [0.29, 0.717) is 18.5 Å². The van der Waals surface area contributed by atoms with Crippen LogP contribution in [-0.2, 0) is 6.54 Å². The van der Waals surface area contributed by atoms with E-state index in [0.717, 1.165) is 31.2 Å². The summed E-state index contributed by atoms with van der Waals surface area (Å²) in [5, 5.41) is 12.2. The summed E-state index contributed by atoms with van der Waals surface area (Å²) in [6, 6.07) is 8.39. The Labute approximate surface area is 127 Å². The molecule has 4 heteroatoms. The Morgan fingerprint density at radius 1 is 1.29 bits per heavy atom. The van der Waals surface area contributed by atoms with Crippen LogP contribution in [0.1, 0.15) is 36.8 Å². The normalized spacial score (nSPS) is 21.9. The molecule has 2 rings (SSSR count). The molecule has 4 nitrogen and oxygen atoms in total. The molecule has 1 aromatic carbocycles. The first-order valence-corrected chi connectivity index (χ1v) is 7.78. The van der Waals surface area contributed by atoms with Gasteiger partial charge in [0.25, 0.3) is 0 Å². The van der Waals surface area contributed by atoms with Gasteiger partial charge in [-0.15, -0.1) is 0 Å². The molecular weight excluding hydrogens is 264 g/mol. The average molecular weight is 290 g/mol. The molecule has 0 unspecified atom stereocenters. The van der Waals surface area contributed by atoms with Crippen LogP contribution in [-0.4, -0.2) is 35.7 Å². The molecule has 1 aliphatic carbocycles. The second-order valence-electron chi connectivity index (χ2n) is 6.05. The summed E-state index contributed by atoms with van der Waals surface area (Å²) in [6.45, 7) is 2.90. The number of nitrogens with one attached hydrogen (secondary N) is 1. The molecule has 2 amide bonds. The number of carbonyl (C=O) groups excluding carboxylic acids is 1. The Morgan fingerprint density at radius 3 is 2.57 bits per heavy atom. The third-order valence-electron chi connectivity index (χ3n) is 4.63. The molecule has 1 fully saturated rings. The van der Waals surface area contributed by atoms with Crippen LogP contribution in [0.25, 0.3) is 0 Å². The van der Waals surface area contributed by atoms with Crippen LogP contribution < -0.4 is 5.32 Å². The fourth-order valence-corrected chi connectivity index (χ4v) is 2.98. The highest BCUT2D eigenvalue weighted by Gasteiger charge is 2.26. The van der Waals surface area contributed by atoms with Crippen molar-refractivity contribution in [3.63, 3.8) is 0 Å². The summed E-state index contributed by atoms with van der Waals surface area (Å²) in [6.07, 6.45) is 3.99. The lowest BCUT2D eigenvalue weighted by Crippen LogP contribution is -2.45. The Balaban J connectivity index is 1.82. The quantitative estimate of drug-likeness (QED) is 0.896. The summed E-state index contributed by atoms with van der Waals surface area (Å²) >= 11 is 0. The number of aryl methyl sites for hydroxylation is 1. The molecule has 0 aliphatic heterocycles. The zero-order valence-electron chi connectivity index (χ0n) is 13.0. The lowest BCUT2D eigenvalue weighted by molar-refractivity contribution is 0.134. The maximum absolute atomic E-state index is 12.2. The number of carbonyl (C=O) groups is 1. The van der Waals surface area contributed by atoms with Crippen LogP contribution in [0, 0.1) is 12.8 Å². The minimum atomic E-state index is -0.00861. The van der Waals surface area contributed by atoms with Gasteiger partial charge in [-0.3, -0.25) is 0 Å². The molecular formula is C17H26N2O2. The highest BCUT2D eigenvalue weighted by molar-refractivity contribution is 5.74. The first kappa shape index (κ1) is 15.8. The van der Waals surface area contributed by atoms with E-state index in [1.54, 1.807) is 0 Å². The van der Waals surface area contributed by atoms with E-state index in [-0.39, 0.29) is 12.6 Å². The summed E-state index contributed by atoms with van der Waals surface area (Å²) in [5.41, 5.74) is 2.35. The summed E-state index contributed by atoms with van der Waals surface area (Å²) in [4.78, 5) is 14.1. The number of urea groups is 1. The molecule has 0 saturated heterocycles. The standard InChI is InChI=1S/C17H26N2O2/c1-13-5-3-4-6-15(13)11-18-17(21)19(2)16-9-7-14(12-20)8-10-16/h3-6,14,16,20H,7-12H2,1-2H3,(H,18,21). The Kier molecular flexibility index (Phi) is 5.62. The van der Waals surface area contributed by atoms with Crippen molar-refractivity contribution >= 4 is 6.03 Å². The van der Waals surface area contributed by atoms with Crippen molar-refractivity contribution in [2.45, 2.75) is 45.2 Å². The average Bonchev–Trinajstić information content (AvgIpc) is 2.53. The zero-order chi connectivity index (χ0) is 15.2. The van der Waals surface area contributed by atoms with Crippen LogP contribution >= 0.6 is 0 Å². The van der Waals surface area contributed by atoms with Crippen molar-refractivity contribution in [3.05, 3.63) is 35.4 Å². The highest BCUT2D eigenvalue weighted by Crippen LogP contribution is 2.26. The largest absolute Gasteiger partial charge is 0.396 e. The lowest BCUT2D eigenvalue weighted by atomic mass is 9.86. The smallest absolute Gasteiger partial charge is 0.317 e. The maximum Gasteiger partial charge on any atom is 0.317 e. The van der Waals surface area contributed by atoms with E-state index in [9.17, 15) is 4.79 Å². The van der Waals surface area contributed by atoms with E-state index in [2.05, 4.69) is 18.3 Å². The predicted octanol–water partition coefficient (Wildman–Crippen LogP) is 2.69. The number of rotatable bonds is 4. The van der Waals surface area contributed by atoms with Gasteiger partial charge in [0, 0.05) is 26.2 Å². The Bertz CT molecular complexity index is 468. The second kappa shape index (κ2) is 7.46. The SMILES string of the molecule is Cc1ccccc1CNC(=O)N(C)C1CCC(CO)CC1. The number of nitrogens with zero attached hydrogens (tertiary/aromatic N) is 1. The van der Waals surface area contributed by atoms with Crippen molar-refractivity contribution in [1.82, 2.24) is 10.2 Å². The van der Waals surface area contributed by atoms with Gasteiger partial charge in [0.2, 0.25) is 0 Å². The number of aliphatic hydroxyl groups excluding tert-OH is 1. The fourth-order valence-electron chi connectivity index (χ4n) is 2.98. The van der Waals surface area contributed by atoms with Crippen molar-refractivity contribution in [2.24, 2.45) is 5.92 Å². The minimum Gasteiger partial charge on any atom is -0.396 e. The molecule has 0 bridgehead atoms. The number of benzene rings is 1. The fraction of sp³-hybridized carbons (Fsp3) is 0.588. The third kappa shape index (κ3) is 4.21. The van der Waals surface area contributed by atoms with Crippen molar-refractivity contribution in [1.29, 1.82) is 0 Å². The first-order valence-electron chi connectivity index (χ1n) is 7.78. The molecule has 116 valence electrons. The number of amides is 2. The van der Waals surface area contributed by atoms with E-state index in [4.69, 9.17) is 5.11 Å². The Hall–Kier alpha value is -1.55. The van der Waals surface area contributed by atoms with Crippen LogP contribution in [0.2, 0.25) is 0 Å². The minimum absolute atomic E-state index is 0.00861. The van der Waals surface area contributed by atoms with Gasteiger partial charge in [0.15, 0.2) is 0 Å². The van der Waals surface area contributed by atoms with Crippen molar-refractivity contribution in [3.8, 4) is 0 Å². The molecule has 0 spiro atoms. The summed E-state index contributed by atoms with van der Waals surface area (Å²) in [5.74, 6) is 0.421. The van der Waals surface area contributed by atoms with Gasteiger partial charge >= 0.3 is 6.03 Å². The van der Waals surface area contributed by atoms with E-state index < -0.39 is 0 Å². The van der Waals surface area contributed by atoms with Crippen molar-refractivity contribution < 1.29 is 9.90 Å². The van der Waals surface area contributed by atoms with E-state index in [1.807, 2.05) is 30.1 Å². The number of aliphatic hydroxyl groups is 1. The van der Waals surface area contributed by atoms with E-state index >= 15 is 0 Å². The summed E-state index contributed by atoms with van der Waals surface area (Å²) in [7, 11) is 1.87. The van der Waals surface area contributed by atoms with Crippen LogP contribution in [0.3, 0.4) is 0 Å². The molecule has 2 N–H and O–H groups in total. The number of hydrogen-bond acceptors (Lipinski definition) is 2. The molecule has 21 heavy (non-hydrogen) atoms. The summed E-state index contributed by atoms with van der Waals surface area (Å²) < 4.78 is 0. The van der Waals surface area contributed by atoms with Crippen LogP contribution in [0.4, 0.5) is 4.79 Å². The van der Waals surface area contributed by atoms with Crippen LogP contribution in [0.5, 0.6) is 0 Å². The van der Waals surface area contributed by atoms with Gasteiger partial charge in [0.1, 0.15) is 0 Å². The molecule has 0 atom stereocenters. The maximum atomic E-state index is 12.2. The Morgan fingerprint density at radius 2 is 1.95 bits per heavy atom. The van der Waals surface area contributed by atoms with Gasteiger partial charge in [-0.1, -0.05) is 24.3 Å². The van der Waals surface area contributed by atoms with E-state index in [1.165, 1.54) is 5.56 Å². The molecule has 1 aromatic rings. The molecule has 0 aromatic heterocycles. The first-order chi connectivity index (χ1) is 10.1. The van der Waals surface area contributed by atoms with Gasteiger partial charge < -0.3 is 15.3 Å². The molecule has 1 aliphatic rings. The predicted molar refractivity (Wildman–Crippen MR) is 84.0 cm³/mol. The van der Waals surface area contributed by atoms with Crippen molar-refractivity contribution in [2.75, 3.05) is 13.7 Å². The third-order valence-corrected chi connectivity index (χ3v) is 4.63. The number of hydrogen-bond donors (Lipinski definition) is 2. The monoisotopic (exact) mass is 290 g/mol. The van der Waals surface area contributed by atoms with Gasteiger partial charge in [-0.05, 0) is 49.7 Å². The van der Waals surface area contributed by atoms with Crippen LogP contribution in [0.15, 0.2) is 24.3 Å². The molecule has 1 saturated carbocycles. The molecule has 0 radical (unpaired) electrons. The van der Waals surface area contributed by atoms with Gasteiger partial charge in [-0.2, -0.15) is 0 Å². The highest BCUT2D eigenvalue weighted by atomic mass is 16.3. The van der Waals surface area contributed by atoms with Gasteiger partial charge in [-0.25, -0.2) is 4.79 Å². The second-order valence-corrected chi connectivity index (χ2v) is 6.05. The topological polar surface area (TPSA) is 52.6 Å².